The van der Waals surface area contributed by atoms with Gasteiger partial charge in [0.2, 0.25) is 5.91 Å². The summed E-state index contributed by atoms with van der Waals surface area (Å²) in [6.07, 6.45) is 0.907. The maximum Gasteiger partial charge on any atom is 0.305 e. The summed E-state index contributed by atoms with van der Waals surface area (Å²) in [5.41, 5.74) is 0. The first-order valence-electron chi connectivity index (χ1n) is 7.78. The predicted molar refractivity (Wildman–Crippen MR) is 85.3 cm³/mol. The van der Waals surface area contributed by atoms with Crippen LogP contribution in [0, 0.1) is 5.92 Å². The Bertz CT molecular complexity index is 612. The Kier molecular flexibility index (Phi) is 5.98. The number of nitrogens with zero attached hydrogens (tertiary/aromatic N) is 1. The first kappa shape index (κ1) is 17.7. The van der Waals surface area contributed by atoms with E-state index in [-0.39, 0.29) is 37.8 Å². The highest BCUT2D eigenvalue weighted by Gasteiger charge is 2.32. The normalized spacial score (nSPS) is 17.7. The fourth-order valence-electron chi connectivity index (χ4n) is 2.66. The van der Waals surface area contributed by atoms with Crippen LogP contribution in [0.25, 0.3) is 0 Å². The first-order valence-corrected chi connectivity index (χ1v) is 9.22. The van der Waals surface area contributed by atoms with Crippen molar-refractivity contribution in [1.29, 1.82) is 0 Å². The van der Waals surface area contributed by atoms with Gasteiger partial charge in [0.1, 0.15) is 5.75 Å². The van der Waals surface area contributed by atoms with Crippen LogP contribution in [0.2, 0.25) is 0 Å². The molecule has 0 saturated carbocycles. The molecule has 7 heteroatoms. The van der Waals surface area contributed by atoms with Crippen LogP contribution in [0.15, 0.2) is 30.3 Å². The smallest absolute Gasteiger partial charge is 0.305 e. The number of hydrogen-bond acceptors (Lipinski definition) is 4. The van der Waals surface area contributed by atoms with E-state index in [9.17, 15) is 17.1 Å². The van der Waals surface area contributed by atoms with Gasteiger partial charge in [-0.2, -0.15) is 8.42 Å². The second-order valence-electron chi connectivity index (χ2n) is 5.85. The lowest BCUT2D eigenvalue weighted by Gasteiger charge is -2.32. The summed E-state index contributed by atoms with van der Waals surface area (Å²) in [6.45, 7) is 2.84. The third kappa shape index (κ3) is 5.20. The molecular weight excluding hydrogens is 321 g/mol. The molecule has 1 aromatic carbocycles. The summed E-state index contributed by atoms with van der Waals surface area (Å²) in [5, 5.41) is -0.969. The molecule has 23 heavy (non-hydrogen) atoms. The summed E-state index contributed by atoms with van der Waals surface area (Å²) in [6, 6.07) is 9.38. The quantitative estimate of drug-likeness (QED) is 0.744. The van der Waals surface area contributed by atoms with E-state index in [0.29, 0.717) is 13.0 Å². The average Bonchev–Trinajstić information content (AvgIpc) is 2.54. The lowest BCUT2D eigenvalue weighted by Crippen LogP contribution is -2.44. The maximum atomic E-state index is 12.9. The molecule has 128 valence electrons. The molecule has 1 saturated heterocycles. The van der Waals surface area contributed by atoms with Gasteiger partial charge in [0.15, 0.2) is 0 Å². The fourth-order valence-corrected chi connectivity index (χ4v) is 3.44. The van der Waals surface area contributed by atoms with Crippen molar-refractivity contribution in [3.05, 3.63) is 30.3 Å². The van der Waals surface area contributed by atoms with Crippen molar-refractivity contribution in [3.63, 3.8) is 0 Å². The van der Waals surface area contributed by atoms with Crippen molar-refractivity contribution in [3.8, 4) is 5.75 Å². The highest BCUT2D eigenvalue weighted by Crippen LogP contribution is 2.21. The Morgan fingerprint density at radius 1 is 1.30 bits per heavy atom. The zero-order valence-corrected chi connectivity index (χ0v) is 14.0. The number of likely N-dealkylation sites (tertiary alicyclic amines) is 1. The van der Waals surface area contributed by atoms with Crippen LogP contribution in [0.5, 0.6) is 5.75 Å². The summed E-state index contributed by atoms with van der Waals surface area (Å²) in [4.78, 5) is 13.9. The zero-order chi connectivity index (χ0) is 16.9. The van der Waals surface area contributed by atoms with Crippen LogP contribution in [0.3, 0.4) is 0 Å². The van der Waals surface area contributed by atoms with Crippen molar-refractivity contribution in [2.75, 3.05) is 19.7 Å². The summed E-state index contributed by atoms with van der Waals surface area (Å²) >= 11 is 0. The van der Waals surface area contributed by atoms with Gasteiger partial charge in [-0.15, -0.1) is 3.89 Å². The fraction of sp³-hybridized carbons (Fsp3) is 0.562. The molecule has 1 heterocycles. The van der Waals surface area contributed by atoms with Gasteiger partial charge in [0.25, 0.3) is 0 Å². The minimum absolute atomic E-state index is 0.0311. The number of piperidine rings is 1. The van der Waals surface area contributed by atoms with E-state index in [1.807, 2.05) is 37.3 Å². The van der Waals surface area contributed by atoms with Crippen LogP contribution in [0.4, 0.5) is 3.89 Å². The van der Waals surface area contributed by atoms with Crippen molar-refractivity contribution in [1.82, 2.24) is 4.90 Å². The number of carbonyl (C=O) groups is 1. The van der Waals surface area contributed by atoms with Gasteiger partial charge < -0.3 is 9.64 Å². The zero-order valence-electron chi connectivity index (χ0n) is 13.2. The number of para-hydroxylation sites is 1. The monoisotopic (exact) mass is 343 g/mol. The van der Waals surface area contributed by atoms with Crippen molar-refractivity contribution in [2.24, 2.45) is 5.92 Å². The Morgan fingerprint density at radius 3 is 2.48 bits per heavy atom. The van der Waals surface area contributed by atoms with Crippen LogP contribution < -0.4 is 4.74 Å². The molecule has 0 aliphatic carbocycles. The predicted octanol–water partition coefficient (Wildman–Crippen LogP) is 2.38. The number of hydrogen-bond donors (Lipinski definition) is 0. The third-order valence-corrected chi connectivity index (χ3v) is 5.40. The van der Waals surface area contributed by atoms with E-state index < -0.39 is 15.5 Å². The Hall–Kier alpha value is -1.63. The van der Waals surface area contributed by atoms with Crippen LogP contribution in [-0.2, 0) is 15.0 Å². The van der Waals surface area contributed by atoms with Gasteiger partial charge in [-0.05, 0) is 31.4 Å². The van der Waals surface area contributed by atoms with E-state index in [4.69, 9.17) is 4.74 Å². The van der Waals surface area contributed by atoms with E-state index >= 15 is 0 Å². The standard InChI is InChI=1S/C16H22FNO4S/c1-13(9-12-22-14-5-3-2-4-6-14)16(19)18-10-7-15(8-11-18)23(17,20)21/h2-6,13,15H,7-12H2,1H3. The van der Waals surface area contributed by atoms with E-state index in [0.717, 1.165) is 5.75 Å². The van der Waals surface area contributed by atoms with Gasteiger partial charge in [0, 0.05) is 19.0 Å². The number of benzene rings is 1. The first-order chi connectivity index (χ1) is 10.9. The Labute approximate surface area is 136 Å². The van der Waals surface area contributed by atoms with Crippen molar-refractivity contribution >= 4 is 16.1 Å². The molecule has 0 bridgehead atoms. The van der Waals surface area contributed by atoms with E-state index in [2.05, 4.69) is 0 Å². The average molecular weight is 343 g/mol. The SMILES string of the molecule is CC(CCOc1ccccc1)C(=O)N1CCC(S(=O)(=O)F)CC1. The molecule has 1 atom stereocenters. The van der Waals surface area contributed by atoms with Gasteiger partial charge in [0.05, 0.1) is 11.9 Å². The van der Waals surface area contributed by atoms with Gasteiger partial charge in [-0.25, -0.2) is 0 Å². The van der Waals surface area contributed by atoms with Crippen molar-refractivity contribution < 1.29 is 21.8 Å². The van der Waals surface area contributed by atoms with E-state index in [1.165, 1.54) is 0 Å². The molecule has 1 amide bonds. The van der Waals surface area contributed by atoms with Gasteiger partial charge in [-0.3, -0.25) is 4.79 Å². The molecule has 0 aromatic heterocycles. The second-order valence-corrected chi connectivity index (χ2v) is 7.47. The number of halogens is 1. The molecule has 2 rings (SSSR count). The molecule has 1 aromatic rings. The Morgan fingerprint density at radius 2 is 1.91 bits per heavy atom. The molecule has 0 N–H and O–H groups in total. The number of ether oxygens (including phenoxy) is 1. The summed E-state index contributed by atoms with van der Waals surface area (Å²) < 4.78 is 40.3. The van der Waals surface area contributed by atoms with Crippen LogP contribution in [0.1, 0.15) is 26.2 Å². The second kappa shape index (κ2) is 7.77. The third-order valence-electron chi connectivity index (χ3n) is 4.14. The minimum Gasteiger partial charge on any atom is -0.494 e. The van der Waals surface area contributed by atoms with Gasteiger partial charge in [-0.1, -0.05) is 25.1 Å². The lowest BCUT2D eigenvalue weighted by atomic mass is 10.0. The number of carbonyl (C=O) groups excluding carboxylic acids is 1. The molecule has 1 aliphatic rings. The molecule has 0 radical (unpaired) electrons. The van der Waals surface area contributed by atoms with Gasteiger partial charge >= 0.3 is 10.2 Å². The van der Waals surface area contributed by atoms with Crippen molar-refractivity contribution in [2.45, 2.75) is 31.4 Å². The maximum absolute atomic E-state index is 12.9. The number of rotatable bonds is 6. The summed E-state index contributed by atoms with van der Waals surface area (Å²) in [5.74, 6) is 0.523. The molecule has 1 fully saturated rings. The molecule has 1 unspecified atom stereocenters. The minimum atomic E-state index is -4.50. The highest BCUT2D eigenvalue weighted by molar-refractivity contribution is 7.87. The largest absolute Gasteiger partial charge is 0.494 e. The van der Waals surface area contributed by atoms with Crippen LogP contribution >= 0.6 is 0 Å². The lowest BCUT2D eigenvalue weighted by molar-refractivity contribution is -0.136. The summed E-state index contributed by atoms with van der Waals surface area (Å²) in [7, 11) is -4.50. The molecule has 5 nitrogen and oxygen atoms in total. The number of amides is 1. The highest BCUT2D eigenvalue weighted by atomic mass is 32.3. The topological polar surface area (TPSA) is 63.7 Å². The van der Waals surface area contributed by atoms with Crippen LogP contribution in [-0.4, -0.2) is 44.2 Å². The molecule has 1 aliphatic heterocycles. The van der Waals surface area contributed by atoms with E-state index in [1.54, 1.807) is 4.90 Å². The molecular formula is C16H22FNO4S. The Balaban J connectivity index is 1.75. The molecule has 0 spiro atoms.